The summed E-state index contributed by atoms with van der Waals surface area (Å²) < 4.78 is 26.8. The molecular weight excluding hydrogens is 254 g/mol. The molecule has 0 saturated heterocycles. The molecule has 1 fully saturated rings. The summed E-state index contributed by atoms with van der Waals surface area (Å²) in [5.41, 5.74) is 5.40. The van der Waals surface area contributed by atoms with Gasteiger partial charge < -0.3 is 11.1 Å². The van der Waals surface area contributed by atoms with Crippen molar-refractivity contribution in [3.05, 3.63) is 24.3 Å². The highest BCUT2D eigenvalue weighted by atomic mass is 32.2. The van der Waals surface area contributed by atoms with Gasteiger partial charge in [0, 0.05) is 6.04 Å². The third kappa shape index (κ3) is 3.21. The van der Waals surface area contributed by atoms with E-state index in [1.54, 1.807) is 18.2 Å². The monoisotopic (exact) mass is 269 g/mol. The van der Waals surface area contributed by atoms with E-state index in [1.807, 2.05) is 0 Å². The minimum absolute atomic E-state index is 0.0409. The molecule has 0 aromatic heterocycles. The molecule has 18 heavy (non-hydrogen) atoms. The van der Waals surface area contributed by atoms with Gasteiger partial charge in [-0.1, -0.05) is 12.1 Å². The standard InChI is InChI=1S/C11H15N3O3S/c12-11(15)7-13-9-3-1-2-4-10(9)18(16,17)14-8-5-6-8/h1-4,8,13-14H,5-7H2,(H2,12,15). The predicted octanol–water partition coefficient (Wildman–Crippen LogP) is 0.0245. The van der Waals surface area contributed by atoms with E-state index in [9.17, 15) is 13.2 Å². The van der Waals surface area contributed by atoms with E-state index < -0.39 is 15.9 Å². The second-order valence-electron chi connectivity index (χ2n) is 4.21. The number of primary amides is 1. The number of carbonyl (C=O) groups is 1. The van der Waals surface area contributed by atoms with Gasteiger partial charge in [-0.3, -0.25) is 4.79 Å². The van der Waals surface area contributed by atoms with Gasteiger partial charge in [0.15, 0.2) is 0 Å². The minimum atomic E-state index is -3.54. The van der Waals surface area contributed by atoms with E-state index in [0.717, 1.165) is 12.8 Å². The molecule has 1 saturated carbocycles. The van der Waals surface area contributed by atoms with Crippen LogP contribution in [0.25, 0.3) is 0 Å². The molecule has 0 radical (unpaired) electrons. The Morgan fingerprint density at radius 3 is 2.61 bits per heavy atom. The maximum absolute atomic E-state index is 12.1. The summed E-state index contributed by atoms with van der Waals surface area (Å²) in [5.74, 6) is -0.544. The summed E-state index contributed by atoms with van der Waals surface area (Å²) in [6, 6.07) is 6.47. The Bertz CT molecular complexity index is 552. The molecule has 0 heterocycles. The zero-order chi connectivity index (χ0) is 13.2. The molecule has 0 atom stereocenters. The van der Waals surface area contributed by atoms with Crippen molar-refractivity contribution in [2.45, 2.75) is 23.8 Å². The van der Waals surface area contributed by atoms with E-state index in [-0.39, 0.29) is 17.5 Å². The average molecular weight is 269 g/mol. The van der Waals surface area contributed by atoms with Gasteiger partial charge in [0.2, 0.25) is 15.9 Å². The first-order valence-electron chi connectivity index (χ1n) is 5.62. The summed E-state index contributed by atoms with van der Waals surface area (Å²) >= 11 is 0. The second kappa shape index (κ2) is 4.95. The number of anilines is 1. The smallest absolute Gasteiger partial charge is 0.242 e. The van der Waals surface area contributed by atoms with Gasteiger partial charge in [0.1, 0.15) is 4.90 Å². The third-order valence-electron chi connectivity index (χ3n) is 2.53. The molecule has 7 heteroatoms. The molecular formula is C11H15N3O3S. The topological polar surface area (TPSA) is 101 Å². The van der Waals surface area contributed by atoms with Crippen molar-refractivity contribution in [3.63, 3.8) is 0 Å². The van der Waals surface area contributed by atoms with E-state index in [0.29, 0.717) is 5.69 Å². The number of benzene rings is 1. The molecule has 0 unspecified atom stereocenters. The lowest BCUT2D eigenvalue weighted by Crippen LogP contribution is -2.28. The predicted molar refractivity (Wildman–Crippen MR) is 67.5 cm³/mol. The van der Waals surface area contributed by atoms with Gasteiger partial charge in [0.05, 0.1) is 12.2 Å². The fourth-order valence-corrected chi connectivity index (χ4v) is 3.00. The minimum Gasteiger partial charge on any atom is -0.375 e. The molecule has 0 bridgehead atoms. The van der Waals surface area contributed by atoms with Crippen molar-refractivity contribution in [2.24, 2.45) is 5.73 Å². The Balaban J connectivity index is 2.22. The molecule has 98 valence electrons. The summed E-state index contributed by atoms with van der Waals surface area (Å²) in [5, 5.41) is 2.72. The van der Waals surface area contributed by atoms with Gasteiger partial charge in [-0.2, -0.15) is 0 Å². The fraction of sp³-hybridized carbons (Fsp3) is 0.364. The van der Waals surface area contributed by atoms with Gasteiger partial charge in [-0.05, 0) is 25.0 Å². The average Bonchev–Trinajstić information content (AvgIpc) is 3.10. The summed E-state index contributed by atoms with van der Waals surface area (Å²) in [6.07, 6.45) is 1.74. The summed E-state index contributed by atoms with van der Waals surface area (Å²) in [7, 11) is -3.54. The molecule has 6 nitrogen and oxygen atoms in total. The van der Waals surface area contributed by atoms with E-state index in [1.165, 1.54) is 6.07 Å². The number of hydrogen-bond donors (Lipinski definition) is 3. The van der Waals surface area contributed by atoms with Crippen molar-refractivity contribution in [3.8, 4) is 0 Å². The van der Waals surface area contributed by atoms with Gasteiger partial charge in [0.25, 0.3) is 0 Å². The highest BCUT2D eigenvalue weighted by Crippen LogP contribution is 2.25. The Hall–Kier alpha value is -1.60. The SMILES string of the molecule is NC(=O)CNc1ccccc1S(=O)(=O)NC1CC1. The first kappa shape index (κ1) is 12.8. The second-order valence-corrected chi connectivity index (χ2v) is 5.89. The lowest BCUT2D eigenvalue weighted by Gasteiger charge is -2.11. The van der Waals surface area contributed by atoms with Crippen LogP contribution in [0.4, 0.5) is 5.69 Å². The van der Waals surface area contributed by atoms with Crippen molar-refractivity contribution >= 4 is 21.6 Å². The molecule has 1 amide bonds. The zero-order valence-electron chi connectivity index (χ0n) is 9.72. The van der Waals surface area contributed by atoms with Gasteiger partial charge in [-0.15, -0.1) is 0 Å². The van der Waals surface area contributed by atoms with Crippen LogP contribution in [0.2, 0.25) is 0 Å². The number of carbonyl (C=O) groups excluding carboxylic acids is 1. The maximum atomic E-state index is 12.1. The maximum Gasteiger partial charge on any atom is 0.242 e. The first-order valence-corrected chi connectivity index (χ1v) is 7.11. The molecule has 2 rings (SSSR count). The molecule has 1 aromatic carbocycles. The lowest BCUT2D eigenvalue weighted by molar-refractivity contribution is -0.116. The molecule has 1 aliphatic rings. The van der Waals surface area contributed by atoms with Crippen LogP contribution in [0.15, 0.2) is 29.2 Å². The van der Waals surface area contributed by atoms with Crippen molar-refractivity contribution in [1.82, 2.24) is 4.72 Å². The van der Waals surface area contributed by atoms with Crippen molar-refractivity contribution < 1.29 is 13.2 Å². The first-order chi connectivity index (χ1) is 8.49. The van der Waals surface area contributed by atoms with Crippen LogP contribution in [0.3, 0.4) is 0 Å². The highest BCUT2D eigenvalue weighted by molar-refractivity contribution is 7.89. The van der Waals surface area contributed by atoms with Crippen LogP contribution in [-0.4, -0.2) is 26.9 Å². The number of rotatable bonds is 6. The molecule has 0 spiro atoms. The van der Waals surface area contributed by atoms with Crippen LogP contribution < -0.4 is 15.8 Å². The number of hydrogen-bond acceptors (Lipinski definition) is 4. The number of para-hydroxylation sites is 1. The number of amides is 1. The van der Waals surface area contributed by atoms with E-state index >= 15 is 0 Å². The lowest BCUT2D eigenvalue weighted by atomic mass is 10.3. The number of nitrogens with one attached hydrogen (secondary N) is 2. The Morgan fingerprint density at radius 1 is 1.33 bits per heavy atom. The van der Waals surface area contributed by atoms with E-state index in [2.05, 4.69) is 10.0 Å². The normalized spacial score (nSPS) is 15.3. The molecule has 4 N–H and O–H groups in total. The summed E-state index contributed by atoms with van der Waals surface area (Å²) in [4.78, 5) is 10.9. The Labute approximate surface area is 106 Å². The van der Waals surface area contributed by atoms with Crippen LogP contribution >= 0.6 is 0 Å². The molecule has 1 aromatic rings. The molecule has 0 aliphatic heterocycles. The quantitative estimate of drug-likeness (QED) is 0.678. The van der Waals surface area contributed by atoms with Crippen molar-refractivity contribution in [1.29, 1.82) is 0 Å². The van der Waals surface area contributed by atoms with Gasteiger partial charge >= 0.3 is 0 Å². The third-order valence-corrected chi connectivity index (χ3v) is 4.11. The van der Waals surface area contributed by atoms with Crippen molar-refractivity contribution in [2.75, 3.05) is 11.9 Å². The highest BCUT2D eigenvalue weighted by Gasteiger charge is 2.29. The van der Waals surface area contributed by atoms with Gasteiger partial charge in [-0.25, -0.2) is 13.1 Å². The Morgan fingerprint density at radius 2 is 2.00 bits per heavy atom. The summed E-state index contributed by atoms with van der Waals surface area (Å²) in [6.45, 7) is -0.101. The van der Waals surface area contributed by atoms with Crippen LogP contribution in [-0.2, 0) is 14.8 Å². The number of nitrogens with two attached hydrogens (primary N) is 1. The number of sulfonamides is 1. The van der Waals surface area contributed by atoms with E-state index in [4.69, 9.17) is 5.73 Å². The largest absolute Gasteiger partial charge is 0.375 e. The molecule has 1 aliphatic carbocycles. The zero-order valence-corrected chi connectivity index (χ0v) is 10.5. The Kier molecular flexibility index (Phi) is 3.53. The van der Waals surface area contributed by atoms with Crippen LogP contribution in [0.1, 0.15) is 12.8 Å². The van der Waals surface area contributed by atoms with Crippen LogP contribution in [0.5, 0.6) is 0 Å². The fourth-order valence-electron chi connectivity index (χ4n) is 1.51. The van der Waals surface area contributed by atoms with Crippen LogP contribution in [0, 0.1) is 0 Å².